The quantitative estimate of drug-likeness (QED) is 0.270. The molecule has 0 fully saturated rings. The molecule has 1 atom stereocenters. The molecule has 0 aliphatic carbocycles. The van der Waals surface area contributed by atoms with Crippen molar-refractivity contribution in [2.75, 3.05) is 13.2 Å². The van der Waals surface area contributed by atoms with Crippen LogP contribution in [0.2, 0.25) is 5.02 Å². The number of hydrogen-bond acceptors (Lipinski definition) is 7. The minimum atomic E-state index is -0.744. The van der Waals surface area contributed by atoms with Crippen LogP contribution >= 0.6 is 11.6 Å². The molecule has 1 amide bonds. The Balaban J connectivity index is 3.03. The van der Waals surface area contributed by atoms with E-state index in [2.05, 4.69) is 11.9 Å². The molecule has 9 nitrogen and oxygen atoms in total. The molecule has 10 heteroatoms. The van der Waals surface area contributed by atoms with Gasteiger partial charge in [-0.3, -0.25) is 10.1 Å². The largest absolute Gasteiger partial charge is 0.490 e. The number of rotatable bonds is 9. The third-order valence-electron chi connectivity index (χ3n) is 3.34. The number of nitrogens with zero attached hydrogens (tertiary/aromatic N) is 1. The number of esters is 1. The number of nitrogens with one attached hydrogen (secondary N) is 1. The molecule has 0 unspecified atom stereocenters. The number of nitro benzene ring substituents is 1. The summed E-state index contributed by atoms with van der Waals surface area (Å²) in [6.07, 6.45) is 1.27. The predicted octanol–water partition coefficient (Wildman–Crippen LogP) is 4.27. The average molecular weight is 429 g/mol. The van der Waals surface area contributed by atoms with E-state index in [1.807, 2.05) is 0 Å². The second kappa shape index (κ2) is 10.7. The molecule has 29 heavy (non-hydrogen) atoms. The lowest BCUT2D eigenvalue weighted by Crippen LogP contribution is -2.41. The number of benzene rings is 1. The smallest absolute Gasteiger partial charge is 0.408 e. The van der Waals surface area contributed by atoms with Gasteiger partial charge in [-0.05, 0) is 40.2 Å². The van der Waals surface area contributed by atoms with E-state index in [9.17, 15) is 19.7 Å². The third-order valence-corrected chi connectivity index (χ3v) is 3.72. The van der Waals surface area contributed by atoms with Crippen LogP contribution in [-0.4, -0.2) is 41.8 Å². The fraction of sp³-hybridized carbons (Fsp3) is 0.474. The van der Waals surface area contributed by atoms with E-state index < -0.39 is 34.3 Å². The van der Waals surface area contributed by atoms with Crippen LogP contribution in [0.5, 0.6) is 5.75 Å². The maximum atomic E-state index is 12.0. The standard InChI is InChI=1S/C19H25ClN2O7/c1-6-8-13(21-18(24)29-19(3,4)5)11-28-15-10-12(17(23)27-7-2)9-14(16(15)20)22(25)26/h6,9-10,13H,1,7-8,11H2,2-5H3,(H,21,24)/t13-/m1/s1. The summed E-state index contributed by atoms with van der Waals surface area (Å²) in [4.78, 5) is 34.5. The van der Waals surface area contributed by atoms with Gasteiger partial charge in [0, 0.05) is 6.07 Å². The van der Waals surface area contributed by atoms with Gasteiger partial charge in [0.05, 0.1) is 23.1 Å². The number of halogens is 1. The molecule has 0 bridgehead atoms. The second-order valence-corrected chi connectivity index (χ2v) is 7.34. The fourth-order valence-corrected chi connectivity index (χ4v) is 2.42. The van der Waals surface area contributed by atoms with Crippen molar-refractivity contribution < 1.29 is 28.7 Å². The Bertz CT molecular complexity index is 775. The molecule has 0 saturated heterocycles. The summed E-state index contributed by atoms with van der Waals surface area (Å²) >= 11 is 6.06. The van der Waals surface area contributed by atoms with E-state index in [1.165, 1.54) is 6.07 Å². The van der Waals surface area contributed by atoms with Crippen molar-refractivity contribution in [3.05, 3.63) is 45.5 Å². The number of amides is 1. The van der Waals surface area contributed by atoms with Crippen LogP contribution in [0.15, 0.2) is 24.8 Å². The Morgan fingerprint density at radius 1 is 1.38 bits per heavy atom. The highest BCUT2D eigenvalue weighted by Crippen LogP contribution is 2.35. The van der Waals surface area contributed by atoms with Gasteiger partial charge in [-0.25, -0.2) is 9.59 Å². The first kappa shape index (κ1) is 24.2. The summed E-state index contributed by atoms with van der Waals surface area (Å²) in [5, 5.41) is 13.6. The average Bonchev–Trinajstić information content (AvgIpc) is 2.59. The Labute approximate surface area is 174 Å². The van der Waals surface area contributed by atoms with Gasteiger partial charge in [-0.15, -0.1) is 6.58 Å². The van der Waals surface area contributed by atoms with E-state index in [4.69, 9.17) is 25.8 Å². The predicted molar refractivity (Wildman–Crippen MR) is 108 cm³/mol. The van der Waals surface area contributed by atoms with Gasteiger partial charge in [0.15, 0.2) is 5.02 Å². The van der Waals surface area contributed by atoms with Crippen molar-refractivity contribution in [1.82, 2.24) is 5.32 Å². The van der Waals surface area contributed by atoms with E-state index in [0.717, 1.165) is 6.07 Å². The van der Waals surface area contributed by atoms with Crippen LogP contribution in [0.3, 0.4) is 0 Å². The maximum Gasteiger partial charge on any atom is 0.408 e. The number of hydrogen-bond donors (Lipinski definition) is 1. The number of alkyl carbamates (subject to hydrolysis) is 1. The Morgan fingerprint density at radius 3 is 2.55 bits per heavy atom. The molecule has 0 aliphatic rings. The second-order valence-electron chi connectivity index (χ2n) is 6.96. The molecule has 160 valence electrons. The van der Waals surface area contributed by atoms with Crippen molar-refractivity contribution in [2.45, 2.75) is 45.8 Å². The molecule has 1 aromatic carbocycles. The molecule has 0 radical (unpaired) electrons. The molecule has 1 N–H and O–H groups in total. The summed E-state index contributed by atoms with van der Waals surface area (Å²) in [5.74, 6) is -0.824. The van der Waals surface area contributed by atoms with Gasteiger partial charge in [0.1, 0.15) is 18.0 Å². The normalized spacial score (nSPS) is 11.9. The Kier molecular flexibility index (Phi) is 8.90. The van der Waals surface area contributed by atoms with Crippen LogP contribution in [0.25, 0.3) is 0 Å². The van der Waals surface area contributed by atoms with Gasteiger partial charge in [0.25, 0.3) is 5.69 Å². The zero-order valence-corrected chi connectivity index (χ0v) is 17.6. The first-order valence-electron chi connectivity index (χ1n) is 8.86. The van der Waals surface area contributed by atoms with E-state index in [0.29, 0.717) is 6.42 Å². The first-order valence-corrected chi connectivity index (χ1v) is 9.24. The molecule has 0 heterocycles. The minimum Gasteiger partial charge on any atom is -0.490 e. The van der Waals surface area contributed by atoms with Crippen LogP contribution in [0.4, 0.5) is 10.5 Å². The number of carbonyl (C=O) groups excluding carboxylic acids is 2. The maximum absolute atomic E-state index is 12.0. The minimum absolute atomic E-state index is 0.0710. The molecule has 0 aromatic heterocycles. The van der Waals surface area contributed by atoms with Gasteiger partial charge >= 0.3 is 12.1 Å². The molecular formula is C19H25ClN2O7. The Hall–Kier alpha value is -2.81. The summed E-state index contributed by atoms with van der Waals surface area (Å²) in [6, 6.07) is 1.74. The fourth-order valence-electron chi connectivity index (χ4n) is 2.19. The number of nitro groups is 1. The summed E-state index contributed by atoms with van der Waals surface area (Å²) in [6.45, 7) is 10.4. The number of carbonyl (C=O) groups is 2. The lowest BCUT2D eigenvalue weighted by atomic mass is 10.2. The van der Waals surface area contributed by atoms with E-state index in [1.54, 1.807) is 33.8 Å². The summed E-state index contributed by atoms with van der Waals surface area (Å²) in [7, 11) is 0. The Morgan fingerprint density at radius 2 is 2.03 bits per heavy atom. The van der Waals surface area contributed by atoms with Gasteiger partial charge in [0.2, 0.25) is 0 Å². The molecule has 1 aromatic rings. The SMILES string of the molecule is C=CC[C@H](COc1cc(C(=O)OCC)cc([N+](=O)[O-])c1Cl)NC(=O)OC(C)(C)C. The first-order chi connectivity index (χ1) is 13.5. The highest BCUT2D eigenvalue weighted by atomic mass is 35.5. The van der Waals surface area contributed by atoms with Crippen molar-refractivity contribution in [2.24, 2.45) is 0 Å². The van der Waals surface area contributed by atoms with Crippen molar-refractivity contribution in [3.8, 4) is 5.75 Å². The monoisotopic (exact) mass is 428 g/mol. The van der Waals surface area contributed by atoms with Crippen LogP contribution < -0.4 is 10.1 Å². The van der Waals surface area contributed by atoms with Crippen LogP contribution in [0, 0.1) is 10.1 Å². The lowest BCUT2D eigenvalue weighted by molar-refractivity contribution is -0.384. The summed E-state index contributed by atoms with van der Waals surface area (Å²) in [5.41, 5.74) is -1.24. The summed E-state index contributed by atoms with van der Waals surface area (Å²) < 4.78 is 15.7. The topological polar surface area (TPSA) is 117 Å². The highest BCUT2D eigenvalue weighted by Gasteiger charge is 2.24. The number of ether oxygens (including phenoxy) is 3. The zero-order chi connectivity index (χ0) is 22.2. The third kappa shape index (κ3) is 7.98. The lowest BCUT2D eigenvalue weighted by Gasteiger charge is -2.23. The van der Waals surface area contributed by atoms with E-state index >= 15 is 0 Å². The highest BCUT2D eigenvalue weighted by molar-refractivity contribution is 6.34. The zero-order valence-electron chi connectivity index (χ0n) is 16.8. The van der Waals surface area contributed by atoms with Crippen molar-refractivity contribution in [3.63, 3.8) is 0 Å². The molecule has 0 aliphatic heterocycles. The van der Waals surface area contributed by atoms with Crippen molar-refractivity contribution >= 4 is 29.4 Å². The van der Waals surface area contributed by atoms with Gasteiger partial charge in [-0.1, -0.05) is 17.7 Å². The van der Waals surface area contributed by atoms with Crippen LogP contribution in [-0.2, 0) is 9.47 Å². The van der Waals surface area contributed by atoms with Gasteiger partial charge < -0.3 is 19.5 Å². The van der Waals surface area contributed by atoms with Crippen molar-refractivity contribution in [1.29, 1.82) is 0 Å². The van der Waals surface area contributed by atoms with Crippen LogP contribution in [0.1, 0.15) is 44.5 Å². The van der Waals surface area contributed by atoms with E-state index in [-0.39, 0.29) is 29.5 Å². The molecule has 1 rings (SSSR count). The van der Waals surface area contributed by atoms with Gasteiger partial charge in [-0.2, -0.15) is 0 Å². The molecule has 0 saturated carbocycles. The molecule has 0 spiro atoms. The molecular weight excluding hydrogens is 404 g/mol.